The van der Waals surface area contributed by atoms with Gasteiger partial charge in [-0.25, -0.2) is 4.79 Å². The maximum absolute atomic E-state index is 12.4. The molecule has 2 aromatic rings. The van der Waals surface area contributed by atoms with Crippen LogP contribution in [0.3, 0.4) is 0 Å². The molecule has 0 saturated carbocycles. The topological polar surface area (TPSA) is 69.8 Å². The summed E-state index contributed by atoms with van der Waals surface area (Å²) in [5.41, 5.74) is 1.09. The lowest BCUT2D eigenvalue weighted by Gasteiger charge is -2.09. The average Bonchev–Trinajstić information content (AvgIpc) is 2.70. The molecule has 0 fully saturated rings. The second kappa shape index (κ2) is 5.47. The van der Waals surface area contributed by atoms with E-state index in [9.17, 15) is 18.0 Å². The summed E-state index contributed by atoms with van der Waals surface area (Å²) in [4.78, 5) is 11.7. The molecule has 1 aromatic heterocycles. The number of anilines is 2. The normalized spacial score (nSPS) is 11.3. The standard InChI is InChI=1S/C13H13F3N4O/c1-7-8(2)19-20-11(7)18-12(21)17-10-5-3-9(4-6-10)13(14,15)16/h3-6H,1-2H3,(H3,17,18,19,20,21). The molecule has 112 valence electrons. The van der Waals surface area contributed by atoms with Crippen molar-refractivity contribution < 1.29 is 18.0 Å². The molecular weight excluding hydrogens is 285 g/mol. The first-order valence-electron chi connectivity index (χ1n) is 6.04. The van der Waals surface area contributed by atoms with Crippen LogP contribution in [0.4, 0.5) is 29.5 Å². The van der Waals surface area contributed by atoms with Crippen molar-refractivity contribution in [1.82, 2.24) is 10.2 Å². The highest BCUT2D eigenvalue weighted by molar-refractivity contribution is 5.99. The fourth-order valence-corrected chi connectivity index (χ4v) is 1.62. The van der Waals surface area contributed by atoms with Gasteiger partial charge in [0.2, 0.25) is 0 Å². The van der Waals surface area contributed by atoms with Crippen molar-refractivity contribution in [3.8, 4) is 0 Å². The Bertz CT molecular complexity index is 646. The van der Waals surface area contributed by atoms with E-state index in [0.717, 1.165) is 23.4 Å². The number of amides is 2. The Morgan fingerprint density at radius 1 is 1.14 bits per heavy atom. The highest BCUT2D eigenvalue weighted by Crippen LogP contribution is 2.29. The third kappa shape index (κ3) is 3.53. The van der Waals surface area contributed by atoms with Gasteiger partial charge in [0.05, 0.1) is 5.56 Å². The van der Waals surface area contributed by atoms with E-state index >= 15 is 0 Å². The first-order valence-corrected chi connectivity index (χ1v) is 6.04. The summed E-state index contributed by atoms with van der Waals surface area (Å²) in [5, 5.41) is 11.6. The van der Waals surface area contributed by atoms with Gasteiger partial charge in [0.15, 0.2) is 5.82 Å². The van der Waals surface area contributed by atoms with E-state index < -0.39 is 17.8 Å². The van der Waals surface area contributed by atoms with E-state index in [1.54, 1.807) is 13.8 Å². The number of nitrogens with one attached hydrogen (secondary N) is 3. The third-order valence-corrected chi connectivity index (χ3v) is 2.96. The van der Waals surface area contributed by atoms with Gasteiger partial charge in [0.25, 0.3) is 0 Å². The number of carbonyl (C=O) groups excluding carboxylic acids is 1. The number of carbonyl (C=O) groups is 1. The van der Waals surface area contributed by atoms with Crippen molar-refractivity contribution >= 4 is 17.5 Å². The Morgan fingerprint density at radius 3 is 2.24 bits per heavy atom. The van der Waals surface area contributed by atoms with Crippen LogP contribution in [0.2, 0.25) is 0 Å². The molecule has 0 aliphatic carbocycles. The highest BCUT2D eigenvalue weighted by atomic mass is 19.4. The lowest BCUT2D eigenvalue weighted by Crippen LogP contribution is -2.20. The molecular formula is C13H13F3N4O. The second-order valence-electron chi connectivity index (χ2n) is 4.48. The molecule has 1 heterocycles. The monoisotopic (exact) mass is 298 g/mol. The number of benzene rings is 1. The number of aromatic nitrogens is 2. The molecule has 2 rings (SSSR count). The van der Waals surface area contributed by atoms with Crippen LogP contribution in [-0.2, 0) is 6.18 Å². The number of urea groups is 1. The molecule has 0 atom stereocenters. The molecule has 0 unspecified atom stereocenters. The molecule has 8 heteroatoms. The molecule has 0 spiro atoms. The molecule has 0 bridgehead atoms. The van der Waals surface area contributed by atoms with E-state index in [4.69, 9.17) is 0 Å². The quantitative estimate of drug-likeness (QED) is 0.791. The molecule has 3 N–H and O–H groups in total. The Hall–Kier alpha value is -2.51. The van der Waals surface area contributed by atoms with Crippen molar-refractivity contribution in [1.29, 1.82) is 0 Å². The number of halogens is 3. The summed E-state index contributed by atoms with van der Waals surface area (Å²) in [5.74, 6) is 0.372. The SMILES string of the molecule is Cc1[nH]nc(NC(=O)Nc2ccc(C(F)(F)F)cc2)c1C. The molecule has 0 aliphatic rings. The number of H-pyrrole nitrogens is 1. The maximum Gasteiger partial charge on any atom is 0.416 e. The first-order chi connectivity index (χ1) is 9.77. The Morgan fingerprint density at radius 2 is 1.76 bits per heavy atom. The van der Waals surface area contributed by atoms with Gasteiger partial charge in [-0.05, 0) is 38.1 Å². The minimum absolute atomic E-state index is 0.255. The first kappa shape index (κ1) is 14.9. The van der Waals surface area contributed by atoms with Gasteiger partial charge >= 0.3 is 12.2 Å². The van der Waals surface area contributed by atoms with Gasteiger partial charge in [-0.15, -0.1) is 0 Å². The summed E-state index contributed by atoms with van der Waals surface area (Å²) in [7, 11) is 0. The van der Waals surface area contributed by atoms with Crippen molar-refractivity contribution in [3.05, 3.63) is 41.1 Å². The number of alkyl halides is 3. The van der Waals surface area contributed by atoms with Gasteiger partial charge in [-0.2, -0.15) is 18.3 Å². The largest absolute Gasteiger partial charge is 0.416 e. The van der Waals surface area contributed by atoms with E-state index in [2.05, 4.69) is 20.8 Å². The number of nitrogens with zero attached hydrogens (tertiary/aromatic N) is 1. The van der Waals surface area contributed by atoms with Gasteiger partial charge in [-0.1, -0.05) is 0 Å². The second-order valence-corrected chi connectivity index (χ2v) is 4.48. The predicted octanol–water partition coefficient (Wildman–Crippen LogP) is 3.69. The summed E-state index contributed by atoms with van der Waals surface area (Å²) in [6.07, 6.45) is -4.40. The lowest BCUT2D eigenvalue weighted by molar-refractivity contribution is -0.137. The molecule has 1 aromatic carbocycles. The van der Waals surface area contributed by atoms with Crippen molar-refractivity contribution in [3.63, 3.8) is 0 Å². The van der Waals surface area contributed by atoms with Crippen LogP contribution in [0.25, 0.3) is 0 Å². The van der Waals surface area contributed by atoms with Gasteiger partial charge < -0.3 is 5.32 Å². The molecule has 5 nitrogen and oxygen atoms in total. The summed E-state index contributed by atoms with van der Waals surface area (Å²) >= 11 is 0. The van der Waals surface area contributed by atoms with Crippen LogP contribution >= 0.6 is 0 Å². The van der Waals surface area contributed by atoms with Crippen LogP contribution in [-0.4, -0.2) is 16.2 Å². The van der Waals surface area contributed by atoms with E-state index in [0.29, 0.717) is 5.82 Å². The van der Waals surface area contributed by atoms with E-state index in [-0.39, 0.29) is 5.69 Å². The fraction of sp³-hybridized carbons (Fsp3) is 0.231. The van der Waals surface area contributed by atoms with Crippen LogP contribution in [0.1, 0.15) is 16.8 Å². The van der Waals surface area contributed by atoms with Gasteiger partial charge in [0, 0.05) is 16.9 Å². The minimum atomic E-state index is -4.40. The summed E-state index contributed by atoms with van der Waals surface area (Å²) in [6.45, 7) is 3.59. The lowest BCUT2D eigenvalue weighted by atomic mass is 10.2. The van der Waals surface area contributed by atoms with Crippen LogP contribution in [0.5, 0.6) is 0 Å². The minimum Gasteiger partial charge on any atom is -0.308 e. The smallest absolute Gasteiger partial charge is 0.308 e. The number of aryl methyl sites for hydroxylation is 1. The van der Waals surface area contributed by atoms with Crippen molar-refractivity contribution in [2.75, 3.05) is 10.6 Å². The van der Waals surface area contributed by atoms with Crippen LogP contribution < -0.4 is 10.6 Å². The summed E-state index contributed by atoms with van der Waals surface area (Å²) < 4.78 is 37.2. The van der Waals surface area contributed by atoms with Crippen molar-refractivity contribution in [2.24, 2.45) is 0 Å². The number of aromatic amines is 1. The molecule has 0 aliphatic heterocycles. The predicted molar refractivity (Wildman–Crippen MR) is 72.1 cm³/mol. The Kier molecular flexibility index (Phi) is 3.88. The zero-order valence-electron chi connectivity index (χ0n) is 11.3. The van der Waals surface area contributed by atoms with Crippen LogP contribution in [0, 0.1) is 13.8 Å². The zero-order chi connectivity index (χ0) is 15.6. The van der Waals surface area contributed by atoms with Crippen molar-refractivity contribution in [2.45, 2.75) is 20.0 Å². The Labute approximate surface area is 118 Å². The molecule has 0 radical (unpaired) electrons. The van der Waals surface area contributed by atoms with Gasteiger partial charge in [-0.3, -0.25) is 10.4 Å². The molecule has 21 heavy (non-hydrogen) atoms. The zero-order valence-corrected chi connectivity index (χ0v) is 11.3. The van der Waals surface area contributed by atoms with E-state index in [1.807, 2.05) is 0 Å². The number of hydrogen-bond donors (Lipinski definition) is 3. The fourth-order valence-electron chi connectivity index (χ4n) is 1.62. The molecule has 0 saturated heterocycles. The van der Waals surface area contributed by atoms with Gasteiger partial charge in [0.1, 0.15) is 0 Å². The average molecular weight is 298 g/mol. The Balaban J connectivity index is 2.01. The molecule has 2 amide bonds. The van der Waals surface area contributed by atoms with E-state index in [1.165, 1.54) is 12.1 Å². The number of rotatable bonds is 2. The maximum atomic E-state index is 12.4. The third-order valence-electron chi connectivity index (χ3n) is 2.96. The van der Waals surface area contributed by atoms with Crippen LogP contribution in [0.15, 0.2) is 24.3 Å². The summed E-state index contributed by atoms with van der Waals surface area (Å²) in [6, 6.07) is 3.60. The highest BCUT2D eigenvalue weighted by Gasteiger charge is 2.29. The number of hydrogen-bond acceptors (Lipinski definition) is 2.